The zero-order chi connectivity index (χ0) is 14.8. The lowest BCUT2D eigenvalue weighted by atomic mass is 9.97. The van der Waals surface area contributed by atoms with Crippen molar-refractivity contribution >= 4 is 11.8 Å². The van der Waals surface area contributed by atoms with Gasteiger partial charge in [-0.15, -0.1) is 11.8 Å². The number of rotatable bonds is 3. The number of hydrogen-bond donors (Lipinski definition) is 1. The molecule has 0 aliphatic carbocycles. The van der Waals surface area contributed by atoms with Crippen LogP contribution in [-0.4, -0.2) is 17.9 Å². The van der Waals surface area contributed by atoms with Gasteiger partial charge in [0.05, 0.1) is 0 Å². The van der Waals surface area contributed by atoms with Gasteiger partial charge in [0.1, 0.15) is 11.9 Å². The Balaban J connectivity index is 1.72. The van der Waals surface area contributed by atoms with Crippen molar-refractivity contribution in [3.05, 3.63) is 59.2 Å². The van der Waals surface area contributed by atoms with Gasteiger partial charge < -0.3 is 10.5 Å². The molecule has 0 saturated heterocycles. The molecular weight excluding hydrogens is 278 g/mol. The van der Waals surface area contributed by atoms with Gasteiger partial charge in [-0.3, -0.25) is 0 Å². The van der Waals surface area contributed by atoms with E-state index in [1.807, 2.05) is 30.0 Å². The number of para-hydroxylation sites is 1. The molecule has 1 heterocycles. The fourth-order valence-corrected chi connectivity index (χ4v) is 3.74. The van der Waals surface area contributed by atoms with E-state index >= 15 is 0 Å². The molecule has 0 saturated carbocycles. The fourth-order valence-electron chi connectivity index (χ4n) is 2.65. The summed E-state index contributed by atoms with van der Waals surface area (Å²) in [6.07, 6.45) is 0.936. The maximum Gasteiger partial charge on any atom is 0.133 e. The van der Waals surface area contributed by atoms with Crippen LogP contribution in [0.2, 0.25) is 0 Å². The van der Waals surface area contributed by atoms with Crippen LogP contribution in [0.1, 0.15) is 16.7 Å². The topological polar surface area (TPSA) is 35.2 Å². The van der Waals surface area contributed by atoms with Crippen LogP contribution in [0.25, 0.3) is 0 Å². The van der Waals surface area contributed by atoms with Crippen molar-refractivity contribution in [3.8, 4) is 5.75 Å². The van der Waals surface area contributed by atoms with Crippen molar-refractivity contribution in [2.45, 2.75) is 37.3 Å². The number of ether oxygens (including phenoxy) is 1. The van der Waals surface area contributed by atoms with E-state index in [0.717, 1.165) is 17.9 Å². The molecular formula is C18H21NOS. The summed E-state index contributed by atoms with van der Waals surface area (Å²) in [6.45, 7) is 4.27. The van der Waals surface area contributed by atoms with E-state index < -0.39 is 0 Å². The normalized spacial score (nSPS) is 18.7. The Hall–Kier alpha value is -1.45. The molecule has 0 aromatic heterocycles. The Kier molecular flexibility index (Phi) is 4.22. The second-order valence-electron chi connectivity index (χ2n) is 5.71. The third-order valence-electron chi connectivity index (χ3n) is 3.97. The molecule has 2 N–H and O–H groups in total. The zero-order valence-corrected chi connectivity index (χ0v) is 13.3. The summed E-state index contributed by atoms with van der Waals surface area (Å²) in [6, 6.07) is 14.8. The summed E-state index contributed by atoms with van der Waals surface area (Å²) >= 11 is 1.84. The van der Waals surface area contributed by atoms with E-state index in [0.29, 0.717) is 0 Å². The monoisotopic (exact) mass is 299 g/mol. The molecule has 21 heavy (non-hydrogen) atoms. The number of nitrogens with two attached hydrogens (primary N) is 1. The smallest absolute Gasteiger partial charge is 0.133 e. The van der Waals surface area contributed by atoms with E-state index in [9.17, 15) is 0 Å². The second kappa shape index (κ2) is 6.12. The quantitative estimate of drug-likeness (QED) is 0.938. The third kappa shape index (κ3) is 3.25. The average Bonchev–Trinajstić information content (AvgIpc) is 2.50. The summed E-state index contributed by atoms with van der Waals surface area (Å²) in [5, 5.41) is 0. The summed E-state index contributed by atoms with van der Waals surface area (Å²) in [5.41, 5.74) is 10.3. The Morgan fingerprint density at radius 2 is 2.05 bits per heavy atom. The van der Waals surface area contributed by atoms with Gasteiger partial charge in [0.2, 0.25) is 0 Å². The Bertz CT molecular complexity index is 641. The fraction of sp³-hybridized carbons (Fsp3) is 0.333. The minimum absolute atomic E-state index is 0.0198. The van der Waals surface area contributed by atoms with Gasteiger partial charge >= 0.3 is 0 Å². The average molecular weight is 299 g/mol. The summed E-state index contributed by atoms with van der Waals surface area (Å²) in [5.74, 6) is 1.89. The molecule has 2 aromatic carbocycles. The Labute approximate surface area is 130 Å². The summed E-state index contributed by atoms with van der Waals surface area (Å²) in [7, 11) is 0. The van der Waals surface area contributed by atoms with Gasteiger partial charge in [-0.25, -0.2) is 0 Å². The van der Waals surface area contributed by atoms with Crippen LogP contribution < -0.4 is 10.5 Å². The van der Waals surface area contributed by atoms with Crippen LogP contribution in [0.5, 0.6) is 5.75 Å². The number of thioether (sulfide) groups is 1. The van der Waals surface area contributed by atoms with Gasteiger partial charge in [-0.2, -0.15) is 0 Å². The SMILES string of the molecule is Cc1ccc(C)c(CC(N)C2CSc3ccccc3O2)c1. The molecule has 3 heteroatoms. The van der Waals surface area contributed by atoms with E-state index in [4.69, 9.17) is 10.5 Å². The first-order chi connectivity index (χ1) is 10.1. The zero-order valence-electron chi connectivity index (χ0n) is 12.5. The predicted octanol–water partition coefficient (Wildman–Crippen LogP) is 3.73. The highest BCUT2D eigenvalue weighted by Crippen LogP contribution is 2.35. The van der Waals surface area contributed by atoms with Crippen molar-refractivity contribution in [3.63, 3.8) is 0 Å². The van der Waals surface area contributed by atoms with Gasteiger partial charge in [0.15, 0.2) is 0 Å². The first-order valence-electron chi connectivity index (χ1n) is 7.33. The first kappa shape index (κ1) is 14.5. The van der Waals surface area contributed by atoms with Gasteiger partial charge in [0, 0.05) is 16.7 Å². The first-order valence-corrected chi connectivity index (χ1v) is 8.32. The van der Waals surface area contributed by atoms with Crippen LogP contribution >= 0.6 is 11.8 Å². The predicted molar refractivity (Wildman–Crippen MR) is 89.2 cm³/mol. The highest BCUT2D eigenvalue weighted by molar-refractivity contribution is 7.99. The molecule has 2 aromatic rings. The van der Waals surface area contributed by atoms with Crippen molar-refractivity contribution in [1.29, 1.82) is 0 Å². The lowest BCUT2D eigenvalue weighted by molar-refractivity contribution is 0.184. The number of aryl methyl sites for hydroxylation is 2. The van der Waals surface area contributed by atoms with Crippen molar-refractivity contribution in [2.24, 2.45) is 5.73 Å². The summed E-state index contributed by atoms with van der Waals surface area (Å²) < 4.78 is 6.09. The molecule has 0 fully saturated rings. The van der Waals surface area contributed by atoms with Crippen LogP contribution in [0.4, 0.5) is 0 Å². The lowest BCUT2D eigenvalue weighted by Gasteiger charge is -2.30. The Morgan fingerprint density at radius 1 is 1.24 bits per heavy atom. The van der Waals surface area contributed by atoms with Crippen LogP contribution in [0.15, 0.2) is 47.4 Å². The molecule has 0 bridgehead atoms. The van der Waals surface area contributed by atoms with E-state index in [-0.39, 0.29) is 12.1 Å². The Morgan fingerprint density at radius 3 is 2.90 bits per heavy atom. The van der Waals surface area contributed by atoms with Gasteiger partial charge in [-0.1, -0.05) is 35.9 Å². The van der Waals surface area contributed by atoms with E-state index in [2.05, 4.69) is 38.1 Å². The van der Waals surface area contributed by atoms with E-state index in [1.54, 1.807) is 0 Å². The molecule has 1 aliphatic rings. The molecule has 0 spiro atoms. The minimum Gasteiger partial charge on any atom is -0.487 e. The van der Waals surface area contributed by atoms with Crippen LogP contribution in [0.3, 0.4) is 0 Å². The molecule has 1 aliphatic heterocycles. The van der Waals surface area contributed by atoms with E-state index in [1.165, 1.54) is 21.6 Å². The molecule has 0 amide bonds. The molecule has 0 radical (unpaired) electrons. The van der Waals surface area contributed by atoms with Gasteiger partial charge in [-0.05, 0) is 43.5 Å². The van der Waals surface area contributed by atoms with Crippen molar-refractivity contribution in [1.82, 2.24) is 0 Å². The summed E-state index contributed by atoms with van der Waals surface area (Å²) in [4.78, 5) is 1.22. The number of benzene rings is 2. The van der Waals surface area contributed by atoms with Crippen molar-refractivity contribution < 1.29 is 4.74 Å². The molecule has 2 unspecified atom stereocenters. The molecule has 110 valence electrons. The minimum atomic E-state index is 0.0198. The van der Waals surface area contributed by atoms with Gasteiger partial charge in [0.25, 0.3) is 0 Å². The number of fused-ring (bicyclic) bond motifs is 1. The second-order valence-corrected chi connectivity index (χ2v) is 6.77. The molecule has 3 rings (SSSR count). The highest BCUT2D eigenvalue weighted by atomic mass is 32.2. The maximum absolute atomic E-state index is 6.42. The highest BCUT2D eigenvalue weighted by Gasteiger charge is 2.26. The third-order valence-corrected chi connectivity index (χ3v) is 5.11. The maximum atomic E-state index is 6.42. The van der Waals surface area contributed by atoms with Crippen LogP contribution in [-0.2, 0) is 6.42 Å². The largest absolute Gasteiger partial charge is 0.487 e. The molecule has 2 atom stereocenters. The number of hydrogen-bond acceptors (Lipinski definition) is 3. The standard InChI is InChI=1S/C18H21NOS/c1-12-7-8-13(2)14(9-12)10-15(19)17-11-21-18-6-4-3-5-16(18)20-17/h3-9,15,17H,10-11,19H2,1-2H3. The lowest BCUT2D eigenvalue weighted by Crippen LogP contribution is -2.43. The van der Waals surface area contributed by atoms with Crippen LogP contribution in [0, 0.1) is 13.8 Å². The van der Waals surface area contributed by atoms with Crippen molar-refractivity contribution in [2.75, 3.05) is 5.75 Å². The molecule has 2 nitrogen and oxygen atoms in total.